The van der Waals surface area contributed by atoms with Crippen molar-refractivity contribution in [3.05, 3.63) is 35.4 Å². The van der Waals surface area contributed by atoms with Crippen molar-refractivity contribution in [1.29, 1.82) is 0 Å². The molecule has 6 heteroatoms. The number of rotatable bonds is 5. The molecule has 0 bridgehead atoms. The van der Waals surface area contributed by atoms with Gasteiger partial charge in [-0.05, 0) is 30.5 Å². The topological polar surface area (TPSA) is 75.4 Å². The lowest BCUT2D eigenvalue weighted by Crippen LogP contribution is -2.39. The number of carbonyl (C=O) groups excluding carboxylic acids is 2. The molecule has 2 rings (SSSR count). The van der Waals surface area contributed by atoms with Crippen LogP contribution in [0.1, 0.15) is 28.8 Å². The van der Waals surface area contributed by atoms with Gasteiger partial charge in [-0.2, -0.15) is 0 Å². The van der Waals surface area contributed by atoms with Crippen LogP contribution in [0, 0.1) is 0 Å². The number of hydrogen-bond acceptors (Lipinski definition) is 3. The van der Waals surface area contributed by atoms with E-state index in [0.717, 1.165) is 18.4 Å². The molecule has 3 N–H and O–H groups in total. The lowest BCUT2D eigenvalue weighted by Gasteiger charge is -2.17. The monoisotopic (exact) mass is 297 g/mol. The quantitative estimate of drug-likeness (QED) is 0.848. The van der Waals surface area contributed by atoms with Crippen LogP contribution < -0.4 is 11.1 Å². The van der Waals surface area contributed by atoms with E-state index in [1.165, 1.54) is 4.90 Å². The third-order valence-corrected chi connectivity index (χ3v) is 3.11. The largest absolute Gasteiger partial charge is 0.352 e. The van der Waals surface area contributed by atoms with E-state index >= 15 is 0 Å². The van der Waals surface area contributed by atoms with Crippen LogP contribution in [0.15, 0.2) is 24.3 Å². The van der Waals surface area contributed by atoms with Gasteiger partial charge in [-0.25, -0.2) is 0 Å². The van der Waals surface area contributed by atoms with Gasteiger partial charge >= 0.3 is 0 Å². The molecule has 2 amide bonds. The number of likely N-dealkylation sites (N-methyl/N-ethyl adjacent to an activating group) is 1. The predicted molar refractivity (Wildman–Crippen MR) is 79.7 cm³/mol. The summed E-state index contributed by atoms with van der Waals surface area (Å²) in [5.41, 5.74) is 7.05. The normalized spacial score (nSPS) is 13.3. The van der Waals surface area contributed by atoms with E-state index in [4.69, 9.17) is 5.73 Å². The van der Waals surface area contributed by atoms with Crippen LogP contribution in [0.25, 0.3) is 0 Å². The molecule has 0 unspecified atom stereocenters. The number of nitrogens with two attached hydrogens (primary N) is 1. The van der Waals surface area contributed by atoms with Crippen molar-refractivity contribution in [3.63, 3.8) is 0 Å². The smallest absolute Gasteiger partial charge is 0.254 e. The van der Waals surface area contributed by atoms with E-state index in [1.807, 2.05) is 12.1 Å². The molecule has 0 saturated heterocycles. The van der Waals surface area contributed by atoms with Gasteiger partial charge < -0.3 is 16.0 Å². The van der Waals surface area contributed by atoms with E-state index in [0.29, 0.717) is 18.2 Å². The number of carbonyl (C=O) groups is 2. The second-order valence-corrected chi connectivity index (χ2v) is 4.90. The highest BCUT2D eigenvalue weighted by atomic mass is 35.5. The van der Waals surface area contributed by atoms with Gasteiger partial charge in [0.2, 0.25) is 5.91 Å². The fraction of sp³-hybridized carbons (Fsp3) is 0.429. The Morgan fingerprint density at radius 1 is 1.30 bits per heavy atom. The van der Waals surface area contributed by atoms with Gasteiger partial charge in [-0.3, -0.25) is 9.59 Å². The van der Waals surface area contributed by atoms with Crippen molar-refractivity contribution in [2.75, 3.05) is 13.6 Å². The molecular weight excluding hydrogens is 278 g/mol. The number of halogens is 1. The Kier molecular flexibility index (Phi) is 5.98. The Morgan fingerprint density at radius 3 is 2.40 bits per heavy atom. The Hall–Kier alpha value is -1.59. The van der Waals surface area contributed by atoms with Crippen LogP contribution >= 0.6 is 12.4 Å². The highest BCUT2D eigenvalue weighted by molar-refractivity contribution is 5.96. The third-order valence-electron chi connectivity index (χ3n) is 3.11. The lowest BCUT2D eigenvalue weighted by atomic mass is 10.1. The fourth-order valence-electron chi connectivity index (χ4n) is 1.79. The molecule has 20 heavy (non-hydrogen) atoms. The van der Waals surface area contributed by atoms with Gasteiger partial charge in [-0.1, -0.05) is 12.1 Å². The molecule has 0 radical (unpaired) electrons. The summed E-state index contributed by atoms with van der Waals surface area (Å²) in [5.74, 6) is -0.258. The van der Waals surface area contributed by atoms with Crippen molar-refractivity contribution in [2.24, 2.45) is 5.73 Å². The van der Waals surface area contributed by atoms with Gasteiger partial charge in [0, 0.05) is 25.2 Å². The first-order valence-corrected chi connectivity index (χ1v) is 6.44. The molecule has 110 valence electrons. The summed E-state index contributed by atoms with van der Waals surface area (Å²) in [5, 5.41) is 2.86. The second-order valence-electron chi connectivity index (χ2n) is 4.90. The van der Waals surface area contributed by atoms with E-state index in [2.05, 4.69) is 5.32 Å². The first-order valence-electron chi connectivity index (χ1n) is 6.44. The number of benzene rings is 1. The summed E-state index contributed by atoms with van der Waals surface area (Å²) in [6.07, 6.45) is 2.09. The molecule has 1 saturated carbocycles. The summed E-state index contributed by atoms with van der Waals surface area (Å²) in [6, 6.07) is 7.44. The molecule has 0 aromatic heterocycles. The van der Waals surface area contributed by atoms with Crippen LogP contribution in [-0.2, 0) is 11.3 Å². The maximum atomic E-state index is 12.1. The highest BCUT2D eigenvalue weighted by Crippen LogP contribution is 2.18. The van der Waals surface area contributed by atoms with E-state index < -0.39 is 0 Å². The summed E-state index contributed by atoms with van der Waals surface area (Å²) in [6.45, 7) is 0.544. The van der Waals surface area contributed by atoms with Crippen molar-refractivity contribution in [1.82, 2.24) is 10.2 Å². The maximum Gasteiger partial charge on any atom is 0.254 e. The van der Waals surface area contributed by atoms with Crippen LogP contribution in [0.5, 0.6) is 0 Å². The van der Waals surface area contributed by atoms with Crippen molar-refractivity contribution >= 4 is 24.2 Å². The zero-order valence-corrected chi connectivity index (χ0v) is 12.3. The number of nitrogens with zero attached hydrogens (tertiary/aromatic N) is 1. The molecule has 1 aromatic carbocycles. The van der Waals surface area contributed by atoms with Crippen LogP contribution in [0.4, 0.5) is 0 Å². The Morgan fingerprint density at radius 2 is 1.90 bits per heavy atom. The van der Waals surface area contributed by atoms with E-state index in [9.17, 15) is 9.59 Å². The average Bonchev–Trinajstić information content (AvgIpc) is 3.21. The summed E-state index contributed by atoms with van der Waals surface area (Å²) >= 11 is 0. The number of nitrogens with one attached hydrogen (secondary N) is 1. The van der Waals surface area contributed by atoms with Crippen LogP contribution in [-0.4, -0.2) is 36.3 Å². The van der Waals surface area contributed by atoms with Gasteiger partial charge in [-0.15, -0.1) is 12.4 Å². The van der Waals surface area contributed by atoms with Crippen molar-refractivity contribution in [2.45, 2.75) is 25.4 Å². The average molecular weight is 298 g/mol. The summed E-state index contributed by atoms with van der Waals surface area (Å²) in [4.78, 5) is 25.1. The SMILES string of the molecule is CN(CC(=O)NC1CC1)C(=O)c1ccc(CN)cc1.Cl. The molecule has 1 aliphatic carbocycles. The molecule has 1 aliphatic rings. The molecular formula is C14H20ClN3O2. The van der Waals surface area contributed by atoms with Gasteiger partial charge in [0.1, 0.15) is 0 Å². The van der Waals surface area contributed by atoms with Crippen LogP contribution in [0.2, 0.25) is 0 Å². The van der Waals surface area contributed by atoms with Gasteiger partial charge in [0.05, 0.1) is 6.54 Å². The molecule has 0 aliphatic heterocycles. The highest BCUT2D eigenvalue weighted by Gasteiger charge is 2.24. The minimum atomic E-state index is -0.158. The predicted octanol–water partition coefficient (Wildman–Crippen LogP) is 0.918. The van der Waals surface area contributed by atoms with E-state index in [-0.39, 0.29) is 30.8 Å². The molecule has 0 spiro atoms. The number of hydrogen-bond donors (Lipinski definition) is 2. The second kappa shape index (κ2) is 7.26. The van der Waals surface area contributed by atoms with Gasteiger partial charge in [0.15, 0.2) is 0 Å². The van der Waals surface area contributed by atoms with Crippen LogP contribution in [0.3, 0.4) is 0 Å². The summed E-state index contributed by atoms with van der Waals surface area (Å²) < 4.78 is 0. The Balaban J connectivity index is 0.00000200. The maximum absolute atomic E-state index is 12.1. The molecule has 0 atom stereocenters. The van der Waals surface area contributed by atoms with Crippen molar-refractivity contribution < 1.29 is 9.59 Å². The minimum absolute atomic E-state index is 0. The van der Waals surface area contributed by atoms with Crippen molar-refractivity contribution in [3.8, 4) is 0 Å². The lowest BCUT2D eigenvalue weighted by molar-refractivity contribution is -0.121. The standard InChI is InChI=1S/C14H19N3O2.ClH/c1-17(9-13(18)16-12-6-7-12)14(19)11-4-2-10(8-15)3-5-11;/h2-5,12H,6-9,15H2,1H3,(H,16,18);1H. The fourth-order valence-corrected chi connectivity index (χ4v) is 1.79. The zero-order valence-electron chi connectivity index (χ0n) is 11.5. The number of amides is 2. The summed E-state index contributed by atoms with van der Waals surface area (Å²) in [7, 11) is 1.63. The Labute approximate surface area is 124 Å². The Bertz CT molecular complexity index is 472. The first-order chi connectivity index (χ1) is 9.10. The molecule has 0 heterocycles. The van der Waals surface area contributed by atoms with E-state index in [1.54, 1.807) is 19.2 Å². The molecule has 1 fully saturated rings. The third kappa shape index (κ3) is 4.51. The van der Waals surface area contributed by atoms with Gasteiger partial charge in [0.25, 0.3) is 5.91 Å². The minimum Gasteiger partial charge on any atom is -0.352 e. The first kappa shape index (κ1) is 16.5. The zero-order chi connectivity index (χ0) is 13.8. The molecule has 5 nitrogen and oxygen atoms in total. The molecule has 1 aromatic rings.